The smallest absolute Gasteiger partial charge is 0.181 e. The Bertz CT molecular complexity index is 1550. The van der Waals surface area contributed by atoms with Gasteiger partial charge in [-0.15, -0.1) is 0 Å². The molecule has 3 N–H and O–H groups in total. The molecule has 2 aliphatic heterocycles. The van der Waals surface area contributed by atoms with Crippen LogP contribution in [0.1, 0.15) is 32.1 Å². The van der Waals surface area contributed by atoms with Gasteiger partial charge in [0.2, 0.25) is 0 Å². The second kappa shape index (κ2) is 9.44. The summed E-state index contributed by atoms with van der Waals surface area (Å²) < 4.78 is 6.21. The van der Waals surface area contributed by atoms with Gasteiger partial charge in [0.1, 0.15) is 23.1 Å². The molecule has 2 aliphatic rings. The minimum absolute atomic E-state index is 0.218. The number of anilines is 1. The highest BCUT2D eigenvalue weighted by molar-refractivity contribution is 5.95. The zero-order valence-electron chi connectivity index (χ0n) is 20.6. The fraction of sp³-hybridized carbons (Fsp3) is 0.370. The topological polar surface area (TPSA) is 121 Å². The number of aromatic nitrogens is 7. The van der Waals surface area contributed by atoms with Crippen LogP contribution in [-0.2, 0) is 0 Å². The normalized spacial score (nSPS) is 17.0. The number of nitrogens with zero attached hydrogens (tertiary/aromatic N) is 6. The van der Waals surface area contributed by atoms with Crippen LogP contribution in [0.3, 0.4) is 0 Å². The average Bonchev–Trinajstić information content (AvgIpc) is 3.58. The third kappa shape index (κ3) is 4.27. The van der Waals surface area contributed by atoms with Crippen molar-refractivity contribution in [2.45, 2.75) is 38.2 Å². The Balaban J connectivity index is 1.23. The Labute approximate surface area is 213 Å². The predicted molar refractivity (Wildman–Crippen MR) is 143 cm³/mol. The molecule has 10 heteroatoms. The van der Waals surface area contributed by atoms with E-state index >= 15 is 0 Å². The summed E-state index contributed by atoms with van der Waals surface area (Å²) in [6.45, 7) is 4.08. The lowest BCUT2D eigenvalue weighted by Gasteiger charge is -2.28. The summed E-state index contributed by atoms with van der Waals surface area (Å²) in [4.78, 5) is 24.3. The van der Waals surface area contributed by atoms with Gasteiger partial charge in [0.05, 0.1) is 17.3 Å². The fourth-order valence-electron chi connectivity index (χ4n) is 5.40. The van der Waals surface area contributed by atoms with Gasteiger partial charge in [0, 0.05) is 42.8 Å². The largest absolute Gasteiger partial charge is 0.489 e. The van der Waals surface area contributed by atoms with Gasteiger partial charge in [-0.25, -0.2) is 15.0 Å². The number of fused-ring (bicyclic) bond motifs is 2. The number of imidazole rings is 1. The maximum Gasteiger partial charge on any atom is 0.181 e. The lowest BCUT2D eigenvalue weighted by Crippen LogP contribution is -2.34. The Morgan fingerprint density at radius 3 is 2.68 bits per heavy atom. The molecule has 0 bridgehead atoms. The maximum atomic E-state index is 6.21. The minimum Gasteiger partial charge on any atom is -0.489 e. The highest BCUT2D eigenvalue weighted by Gasteiger charge is 2.20. The summed E-state index contributed by atoms with van der Waals surface area (Å²) in [5.41, 5.74) is 6.15. The molecule has 0 aliphatic carbocycles. The van der Waals surface area contributed by atoms with Gasteiger partial charge in [0.25, 0.3) is 0 Å². The molecule has 0 atom stereocenters. The Kier molecular flexibility index (Phi) is 5.65. The first-order valence-corrected chi connectivity index (χ1v) is 13.1. The van der Waals surface area contributed by atoms with E-state index in [1.165, 1.54) is 19.3 Å². The van der Waals surface area contributed by atoms with E-state index in [0.717, 1.165) is 78.2 Å². The molecule has 0 saturated carbocycles. The van der Waals surface area contributed by atoms with Crippen LogP contribution in [0.25, 0.3) is 44.8 Å². The monoisotopic (exact) mass is 495 g/mol. The molecule has 0 amide bonds. The van der Waals surface area contributed by atoms with Crippen molar-refractivity contribution < 1.29 is 4.74 Å². The molecule has 2 saturated heterocycles. The molecular formula is C27H29N9O. The summed E-state index contributed by atoms with van der Waals surface area (Å²) >= 11 is 0. The predicted octanol–water partition coefficient (Wildman–Crippen LogP) is 4.08. The summed E-state index contributed by atoms with van der Waals surface area (Å²) in [7, 11) is 0. The number of H-pyrrole nitrogens is 2. The molecule has 0 aromatic carbocycles. The number of pyridine rings is 3. The van der Waals surface area contributed by atoms with Crippen molar-refractivity contribution in [1.29, 1.82) is 0 Å². The molecular weight excluding hydrogens is 466 g/mol. The third-order valence-corrected chi connectivity index (χ3v) is 7.35. The summed E-state index contributed by atoms with van der Waals surface area (Å²) in [5, 5.41) is 11.8. The van der Waals surface area contributed by atoms with Gasteiger partial charge in [-0.3, -0.25) is 10.1 Å². The Morgan fingerprint density at radius 2 is 1.78 bits per heavy atom. The van der Waals surface area contributed by atoms with Crippen molar-refractivity contribution in [3.05, 3.63) is 43.0 Å². The standard InChI is InChI=1S/C27H29N9O/c1-2-10-36(11-3-1)22-6-9-30-26-24(22)32-27(33-26)23-21-13-18(15-31-25(21)35-34-23)17-12-20(16-29-14-17)37-19-4-7-28-8-5-19/h6,9,12-16,19,28H,1-5,7-8,10-11H2,(H,30,32,33)(H,31,34,35). The van der Waals surface area contributed by atoms with Crippen molar-refractivity contribution in [3.63, 3.8) is 0 Å². The first-order valence-electron chi connectivity index (χ1n) is 13.1. The summed E-state index contributed by atoms with van der Waals surface area (Å²) in [6, 6.07) is 6.19. The van der Waals surface area contributed by atoms with Gasteiger partial charge >= 0.3 is 0 Å². The number of piperidine rings is 2. The lowest BCUT2D eigenvalue weighted by atomic mass is 10.1. The molecule has 5 aromatic heterocycles. The number of hydrogen-bond donors (Lipinski definition) is 3. The maximum absolute atomic E-state index is 6.21. The van der Waals surface area contributed by atoms with Gasteiger partial charge in [-0.1, -0.05) is 0 Å². The summed E-state index contributed by atoms with van der Waals surface area (Å²) in [6.07, 6.45) is 13.2. The van der Waals surface area contributed by atoms with E-state index in [9.17, 15) is 0 Å². The molecule has 0 unspecified atom stereocenters. The van der Waals surface area contributed by atoms with Crippen molar-refractivity contribution in [2.24, 2.45) is 0 Å². The first-order chi connectivity index (χ1) is 18.3. The zero-order chi connectivity index (χ0) is 24.6. The number of nitrogens with one attached hydrogen (secondary N) is 3. The van der Waals surface area contributed by atoms with E-state index in [4.69, 9.17) is 9.72 Å². The average molecular weight is 496 g/mol. The van der Waals surface area contributed by atoms with Crippen LogP contribution < -0.4 is 15.0 Å². The van der Waals surface area contributed by atoms with Crippen LogP contribution in [0.2, 0.25) is 0 Å². The van der Waals surface area contributed by atoms with E-state index in [0.29, 0.717) is 17.1 Å². The van der Waals surface area contributed by atoms with Crippen molar-refractivity contribution in [3.8, 4) is 28.4 Å². The Hall–Kier alpha value is -4.05. The number of ether oxygens (including phenoxy) is 1. The Morgan fingerprint density at radius 1 is 0.919 bits per heavy atom. The highest BCUT2D eigenvalue weighted by Crippen LogP contribution is 2.32. The minimum atomic E-state index is 0.218. The van der Waals surface area contributed by atoms with Crippen LogP contribution in [0.15, 0.2) is 43.0 Å². The van der Waals surface area contributed by atoms with E-state index in [2.05, 4.69) is 52.5 Å². The van der Waals surface area contributed by atoms with Crippen LogP contribution >= 0.6 is 0 Å². The summed E-state index contributed by atoms with van der Waals surface area (Å²) in [5.74, 6) is 1.49. The quantitative estimate of drug-likeness (QED) is 0.334. The van der Waals surface area contributed by atoms with Crippen LogP contribution in [0.5, 0.6) is 5.75 Å². The number of hydrogen-bond acceptors (Lipinski definition) is 8. The van der Waals surface area contributed by atoms with Gasteiger partial charge in [-0.2, -0.15) is 5.10 Å². The molecule has 0 radical (unpaired) electrons. The lowest BCUT2D eigenvalue weighted by molar-refractivity contribution is 0.162. The molecule has 10 nitrogen and oxygen atoms in total. The van der Waals surface area contributed by atoms with E-state index in [1.54, 1.807) is 6.20 Å². The van der Waals surface area contributed by atoms with Crippen LogP contribution in [0.4, 0.5) is 5.69 Å². The second-order valence-electron chi connectivity index (χ2n) is 9.83. The zero-order valence-corrected chi connectivity index (χ0v) is 20.6. The molecule has 5 aromatic rings. The third-order valence-electron chi connectivity index (χ3n) is 7.35. The van der Waals surface area contributed by atoms with E-state index in [1.807, 2.05) is 24.7 Å². The highest BCUT2D eigenvalue weighted by atomic mass is 16.5. The number of aromatic amines is 2. The van der Waals surface area contributed by atoms with Gasteiger partial charge in [0.15, 0.2) is 17.1 Å². The van der Waals surface area contributed by atoms with Gasteiger partial charge < -0.3 is 19.9 Å². The fourth-order valence-corrected chi connectivity index (χ4v) is 5.40. The van der Waals surface area contributed by atoms with Crippen LogP contribution in [0, 0.1) is 0 Å². The number of rotatable bonds is 5. The van der Waals surface area contributed by atoms with E-state index in [-0.39, 0.29) is 6.10 Å². The van der Waals surface area contributed by atoms with Gasteiger partial charge in [-0.05, 0) is 63.4 Å². The van der Waals surface area contributed by atoms with E-state index < -0.39 is 0 Å². The molecule has 188 valence electrons. The molecule has 7 heterocycles. The van der Waals surface area contributed by atoms with Crippen molar-refractivity contribution in [1.82, 2.24) is 40.4 Å². The van der Waals surface area contributed by atoms with Crippen LogP contribution in [-0.4, -0.2) is 67.4 Å². The second-order valence-corrected chi connectivity index (χ2v) is 9.83. The molecule has 2 fully saturated rings. The molecule has 7 rings (SSSR count). The molecule has 37 heavy (non-hydrogen) atoms. The SMILES string of the molecule is c1cc(N2CCCCC2)c2[nH]c(-c3[nH]nc4ncc(-c5cncc(OC6CCNCC6)c5)cc34)nc2n1. The first kappa shape index (κ1) is 22.2. The van der Waals surface area contributed by atoms with Crippen molar-refractivity contribution >= 4 is 27.9 Å². The van der Waals surface area contributed by atoms with Crippen molar-refractivity contribution in [2.75, 3.05) is 31.1 Å². The molecule has 0 spiro atoms.